The van der Waals surface area contributed by atoms with Gasteiger partial charge in [0.05, 0.1) is 0 Å². The van der Waals surface area contributed by atoms with Crippen molar-refractivity contribution in [2.45, 2.75) is 13.3 Å². The Bertz CT molecular complexity index is 290. The van der Waals surface area contributed by atoms with Crippen molar-refractivity contribution in [2.24, 2.45) is 0 Å². The van der Waals surface area contributed by atoms with Gasteiger partial charge in [0.1, 0.15) is 0 Å². The second-order valence-corrected chi connectivity index (χ2v) is 2.56. The summed E-state index contributed by atoms with van der Waals surface area (Å²) in [4.78, 5) is 0. The topological polar surface area (TPSA) is 40.5 Å². The summed E-state index contributed by atoms with van der Waals surface area (Å²) in [7, 11) is 0. The Hall–Kier alpha value is -1.44. The lowest BCUT2D eigenvalue weighted by Crippen LogP contribution is -1.81. The fraction of sp³-hybridized carbons (Fsp3) is 0.200. The zero-order valence-electron chi connectivity index (χ0n) is 6.99. The van der Waals surface area contributed by atoms with Gasteiger partial charge in [0.2, 0.25) is 0 Å². The van der Waals surface area contributed by atoms with E-state index in [9.17, 15) is 5.11 Å². The van der Waals surface area contributed by atoms with Crippen LogP contribution in [-0.2, 0) is 6.42 Å². The van der Waals surface area contributed by atoms with E-state index in [0.29, 0.717) is 6.42 Å². The van der Waals surface area contributed by atoms with E-state index in [2.05, 4.69) is 0 Å². The van der Waals surface area contributed by atoms with Crippen molar-refractivity contribution in [2.75, 3.05) is 0 Å². The van der Waals surface area contributed by atoms with Gasteiger partial charge in [-0.1, -0.05) is 24.3 Å². The largest absolute Gasteiger partial charge is 0.504 e. The van der Waals surface area contributed by atoms with E-state index in [0.717, 1.165) is 5.56 Å². The number of allylic oxidation sites excluding steroid dienone is 2. The van der Waals surface area contributed by atoms with Crippen LogP contribution in [0.2, 0.25) is 0 Å². The van der Waals surface area contributed by atoms with E-state index in [1.54, 1.807) is 12.1 Å². The molecular formula is C10H12O2. The summed E-state index contributed by atoms with van der Waals surface area (Å²) in [5, 5.41) is 18.5. The number of hydrogen-bond acceptors (Lipinski definition) is 2. The summed E-state index contributed by atoms with van der Waals surface area (Å²) < 4.78 is 0. The lowest BCUT2D eigenvalue weighted by Gasteiger charge is -2.02. The normalized spacial score (nSPS) is 10.8. The van der Waals surface area contributed by atoms with Gasteiger partial charge in [0.15, 0.2) is 11.5 Å². The summed E-state index contributed by atoms with van der Waals surface area (Å²) in [5.74, 6) is -0.0763. The molecule has 1 aromatic rings. The summed E-state index contributed by atoms with van der Waals surface area (Å²) in [5.41, 5.74) is 0.744. The van der Waals surface area contributed by atoms with Crippen molar-refractivity contribution in [3.8, 4) is 11.5 Å². The Labute approximate surface area is 71.8 Å². The molecule has 0 heterocycles. The third kappa shape index (κ3) is 1.78. The molecule has 0 aromatic heterocycles. The Morgan fingerprint density at radius 1 is 1.33 bits per heavy atom. The lowest BCUT2D eigenvalue weighted by molar-refractivity contribution is 0.400. The van der Waals surface area contributed by atoms with E-state index >= 15 is 0 Å². The molecule has 64 valence electrons. The van der Waals surface area contributed by atoms with Gasteiger partial charge in [-0.15, -0.1) is 0 Å². The second-order valence-electron chi connectivity index (χ2n) is 2.56. The first-order chi connectivity index (χ1) is 5.75. The molecule has 0 saturated heterocycles. The molecule has 0 aliphatic rings. The summed E-state index contributed by atoms with van der Waals surface area (Å²) in [6.45, 7) is 1.92. The van der Waals surface area contributed by atoms with Gasteiger partial charge in [0, 0.05) is 5.56 Å². The zero-order chi connectivity index (χ0) is 8.97. The maximum absolute atomic E-state index is 9.34. The predicted octanol–water partition coefficient (Wildman–Crippen LogP) is 2.22. The third-order valence-electron chi connectivity index (χ3n) is 1.67. The molecule has 0 spiro atoms. The van der Waals surface area contributed by atoms with E-state index in [-0.39, 0.29) is 11.5 Å². The van der Waals surface area contributed by atoms with Crippen molar-refractivity contribution in [1.29, 1.82) is 0 Å². The van der Waals surface area contributed by atoms with Crippen LogP contribution >= 0.6 is 0 Å². The first-order valence-electron chi connectivity index (χ1n) is 3.86. The molecule has 2 nitrogen and oxygen atoms in total. The number of rotatable bonds is 2. The van der Waals surface area contributed by atoms with Crippen LogP contribution in [0.3, 0.4) is 0 Å². The van der Waals surface area contributed by atoms with Gasteiger partial charge in [-0.25, -0.2) is 0 Å². The Morgan fingerprint density at radius 3 is 2.75 bits per heavy atom. The molecule has 0 aliphatic carbocycles. The van der Waals surface area contributed by atoms with Crippen molar-refractivity contribution in [3.63, 3.8) is 0 Å². The van der Waals surface area contributed by atoms with Crippen LogP contribution in [0.15, 0.2) is 30.4 Å². The highest BCUT2D eigenvalue weighted by Gasteiger charge is 2.02. The maximum atomic E-state index is 9.34. The number of phenols is 2. The number of para-hydroxylation sites is 1. The highest BCUT2D eigenvalue weighted by Crippen LogP contribution is 2.28. The number of hydrogen-bond donors (Lipinski definition) is 2. The fourth-order valence-electron chi connectivity index (χ4n) is 0.987. The van der Waals surface area contributed by atoms with Crippen LogP contribution in [0.4, 0.5) is 0 Å². The molecule has 1 aromatic carbocycles. The van der Waals surface area contributed by atoms with E-state index in [1.807, 2.05) is 19.1 Å². The number of phenolic OH excluding ortho intramolecular Hbond substituents is 2. The molecular weight excluding hydrogens is 152 g/mol. The van der Waals surface area contributed by atoms with Gasteiger partial charge < -0.3 is 10.2 Å². The van der Waals surface area contributed by atoms with Crippen LogP contribution in [0.1, 0.15) is 12.5 Å². The molecule has 0 radical (unpaired) electrons. The monoisotopic (exact) mass is 164 g/mol. The van der Waals surface area contributed by atoms with Crippen molar-refractivity contribution in [1.82, 2.24) is 0 Å². The van der Waals surface area contributed by atoms with Crippen LogP contribution in [0.5, 0.6) is 11.5 Å². The minimum Gasteiger partial charge on any atom is -0.504 e. The number of aromatic hydroxyl groups is 2. The predicted molar refractivity (Wildman–Crippen MR) is 48.3 cm³/mol. The summed E-state index contributed by atoms with van der Waals surface area (Å²) >= 11 is 0. The first-order valence-corrected chi connectivity index (χ1v) is 3.86. The molecule has 0 unspecified atom stereocenters. The second kappa shape index (κ2) is 3.81. The van der Waals surface area contributed by atoms with E-state index < -0.39 is 0 Å². The Kier molecular flexibility index (Phi) is 2.75. The van der Waals surface area contributed by atoms with Gasteiger partial charge >= 0.3 is 0 Å². The molecule has 0 amide bonds. The quantitative estimate of drug-likeness (QED) is 0.519. The molecule has 0 bridgehead atoms. The van der Waals surface area contributed by atoms with Crippen molar-refractivity contribution < 1.29 is 10.2 Å². The van der Waals surface area contributed by atoms with Crippen LogP contribution in [0, 0.1) is 0 Å². The summed E-state index contributed by atoms with van der Waals surface area (Å²) in [6.07, 6.45) is 4.48. The maximum Gasteiger partial charge on any atom is 0.160 e. The van der Waals surface area contributed by atoms with E-state index in [1.165, 1.54) is 6.07 Å². The molecule has 12 heavy (non-hydrogen) atoms. The first kappa shape index (κ1) is 8.65. The average Bonchev–Trinajstić information content (AvgIpc) is 2.08. The van der Waals surface area contributed by atoms with Crippen molar-refractivity contribution in [3.05, 3.63) is 35.9 Å². The smallest absolute Gasteiger partial charge is 0.160 e. The van der Waals surface area contributed by atoms with Crippen LogP contribution < -0.4 is 0 Å². The highest BCUT2D eigenvalue weighted by molar-refractivity contribution is 5.44. The SMILES string of the molecule is C/C=C/Cc1cccc(O)c1O. The molecule has 0 saturated carbocycles. The van der Waals surface area contributed by atoms with Gasteiger partial charge in [-0.3, -0.25) is 0 Å². The van der Waals surface area contributed by atoms with Gasteiger partial charge in [-0.05, 0) is 19.4 Å². The van der Waals surface area contributed by atoms with E-state index in [4.69, 9.17) is 5.11 Å². The highest BCUT2D eigenvalue weighted by atomic mass is 16.3. The molecule has 1 rings (SSSR count). The van der Waals surface area contributed by atoms with Crippen LogP contribution in [0.25, 0.3) is 0 Å². The minimum absolute atomic E-state index is 0.0180. The van der Waals surface area contributed by atoms with Gasteiger partial charge in [0.25, 0.3) is 0 Å². The fourth-order valence-corrected chi connectivity index (χ4v) is 0.987. The Morgan fingerprint density at radius 2 is 2.08 bits per heavy atom. The Balaban J connectivity index is 2.92. The molecule has 2 heteroatoms. The standard InChI is InChI=1S/C10H12O2/c1-2-3-5-8-6-4-7-9(11)10(8)12/h2-4,6-7,11-12H,5H2,1H3/b3-2+. The van der Waals surface area contributed by atoms with Gasteiger partial charge in [-0.2, -0.15) is 0 Å². The molecule has 2 N–H and O–H groups in total. The zero-order valence-corrected chi connectivity index (χ0v) is 6.99. The third-order valence-corrected chi connectivity index (χ3v) is 1.67. The average molecular weight is 164 g/mol. The van der Waals surface area contributed by atoms with Crippen molar-refractivity contribution >= 4 is 0 Å². The molecule has 0 aliphatic heterocycles. The molecule has 0 atom stereocenters. The number of benzene rings is 1. The summed E-state index contributed by atoms with van der Waals surface area (Å²) in [6, 6.07) is 4.97. The van der Waals surface area contributed by atoms with Crippen LogP contribution in [-0.4, -0.2) is 10.2 Å². The minimum atomic E-state index is -0.0583. The lowest BCUT2D eigenvalue weighted by atomic mass is 10.1. The molecule has 0 fully saturated rings.